The number of morpholine rings is 1. The predicted octanol–water partition coefficient (Wildman–Crippen LogP) is 1.62. The smallest absolute Gasteiger partial charge is 0.312 e. The summed E-state index contributed by atoms with van der Waals surface area (Å²) in [7, 11) is 0. The zero-order valence-electron chi connectivity index (χ0n) is 15.3. The summed E-state index contributed by atoms with van der Waals surface area (Å²) in [5.74, 6) is -0.900. The molecular formula is C18H24ClN3O5. The number of urea groups is 1. The lowest BCUT2D eigenvalue weighted by Gasteiger charge is -2.35. The molecule has 1 aromatic carbocycles. The first-order chi connectivity index (χ1) is 12.7. The Labute approximate surface area is 162 Å². The van der Waals surface area contributed by atoms with Crippen LogP contribution >= 0.6 is 11.6 Å². The molecule has 3 atom stereocenters. The summed E-state index contributed by atoms with van der Waals surface area (Å²) in [6, 6.07) is 5.20. The van der Waals surface area contributed by atoms with E-state index in [0.717, 1.165) is 0 Å². The SMILES string of the molecule is C[C@@H]1CN(C(=O)COC(=O)C[C@H](NC(N)=O)c2ccc(Cl)cc2)C[C@H](C)O1. The number of nitrogens with one attached hydrogen (secondary N) is 1. The van der Waals surface area contributed by atoms with Crippen molar-refractivity contribution in [2.24, 2.45) is 5.73 Å². The van der Waals surface area contributed by atoms with Gasteiger partial charge in [0.2, 0.25) is 0 Å². The second kappa shape index (κ2) is 9.57. The predicted molar refractivity (Wildman–Crippen MR) is 99.1 cm³/mol. The van der Waals surface area contributed by atoms with Crippen LogP contribution in [-0.4, -0.2) is 54.7 Å². The minimum absolute atomic E-state index is 0.0672. The van der Waals surface area contributed by atoms with Gasteiger partial charge in [0, 0.05) is 18.1 Å². The molecule has 1 aliphatic heterocycles. The number of benzene rings is 1. The maximum atomic E-state index is 12.3. The van der Waals surface area contributed by atoms with Crippen LogP contribution in [0.2, 0.25) is 5.02 Å². The Morgan fingerprint density at radius 3 is 2.41 bits per heavy atom. The summed E-state index contributed by atoms with van der Waals surface area (Å²) in [5, 5.41) is 3.02. The summed E-state index contributed by atoms with van der Waals surface area (Å²) in [5.41, 5.74) is 5.83. The van der Waals surface area contributed by atoms with Gasteiger partial charge in [0.1, 0.15) is 0 Å². The Bertz CT molecular complexity index is 672. The number of esters is 1. The van der Waals surface area contributed by atoms with E-state index in [2.05, 4.69) is 5.32 Å². The number of carbonyl (C=O) groups excluding carboxylic acids is 3. The Morgan fingerprint density at radius 1 is 1.26 bits per heavy atom. The number of amides is 3. The van der Waals surface area contributed by atoms with Gasteiger partial charge in [0.15, 0.2) is 6.61 Å². The number of nitrogens with zero attached hydrogens (tertiary/aromatic N) is 1. The molecule has 27 heavy (non-hydrogen) atoms. The second-order valence-electron chi connectivity index (χ2n) is 6.53. The average molecular weight is 398 g/mol. The van der Waals surface area contributed by atoms with E-state index in [1.165, 1.54) is 0 Å². The average Bonchev–Trinajstić information content (AvgIpc) is 2.58. The molecule has 9 heteroatoms. The van der Waals surface area contributed by atoms with Crippen molar-refractivity contribution in [3.8, 4) is 0 Å². The first kappa shape index (κ1) is 21.0. The largest absolute Gasteiger partial charge is 0.455 e. The molecule has 1 saturated heterocycles. The van der Waals surface area contributed by atoms with Crippen molar-refractivity contribution in [1.29, 1.82) is 0 Å². The van der Waals surface area contributed by atoms with Gasteiger partial charge >= 0.3 is 12.0 Å². The van der Waals surface area contributed by atoms with Crippen LogP contribution in [0.15, 0.2) is 24.3 Å². The quantitative estimate of drug-likeness (QED) is 0.708. The molecule has 3 N–H and O–H groups in total. The third kappa shape index (κ3) is 6.73. The maximum Gasteiger partial charge on any atom is 0.312 e. The second-order valence-corrected chi connectivity index (χ2v) is 6.97. The highest BCUT2D eigenvalue weighted by Gasteiger charge is 2.27. The molecule has 0 bridgehead atoms. The Morgan fingerprint density at radius 2 is 1.85 bits per heavy atom. The number of halogens is 1. The van der Waals surface area contributed by atoms with Crippen molar-refractivity contribution >= 4 is 29.5 Å². The van der Waals surface area contributed by atoms with Gasteiger partial charge in [-0.1, -0.05) is 23.7 Å². The molecule has 8 nitrogen and oxygen atoms in total. The highest BCUT2D eigenvalue weighted by molar-refractivity contribution is 6.30. The first-order valence-corrected chi connectivity index (χ1v) is 9.02. The zero-order chi connectivity index (χ0) is 20.0. The number of nitrogens with two attached hydrogens (primary N) is 1. The van der Waals surface area contributed by atoms with E-state index in [4.69, 9.17) is 26.8 Å². The van der Waals surface area contributed by atoms with Crippen molar-refractivity contribution < 1.29 is 23.9 Å². The van der Waals surface area contributed by atoms with Crippen LogP contribution in [0.25, 0.3) is 0 Å². The fourth-order valence-corrected chi connectivity index (χ4v) is 3.09. The highest BCUT2D eigenvalue weighted by atomic mass is 35.5. The minimum Gasteiger partial charge on any atom is -0.455 e. The standard InChI is InChI=1S/C18H24ClN3O5/c1-11-8-22(9-12(2)27-11)16(23)10-26-17(24)7-15(21-18(20)25)13-3-5-14(19)6-4-13/h3-6,11-12,15H,7-10H2,1-2H3,(H3,20,21,25)/t11-,12+,15-/m0/s1. The first-order valence-electron chi connectivity index (χ1n) is 8.65. The number of rotatable bonds is 6. The van der Waals surface area contributed by atoms with Gasteiger partial charge in [-0.05, 0) is 31.5 Å². The maximum absolute atomic E-state index is 12.3. The monoisotopic (exact) mass is 397 g/mol. The minimum atomic E-state index is -0.768. The van der Waals surface area contributed by atoms with Crippen molar-refractivity contribution in [3.05, 3.63) is 34.9 Å². The van der Waals surface area contributed by atoms with Crippen LogP contribution in [0.4, 0.5) is 4.79 Å². The number of carbonyl (C=O) groups is 3. The summed E-state index contributed by atoms with van der Waals surface area (Å²) in [4.78, 5) is 37.3. The van der Waals surface area contributed by atoms with Gasteiger partial charge in [0.05, 0.1) is 24.7 Å². The van der Waals surface area contributed by atoms with Crippen LogP contribution in [0.1, 0.15) is 31.9 Å². The molecule has 3 amide bonds. The van der Waals surface area contributed by atoms with Gasteiger partial charge < -0.3 is 25.4 Å². The summed E-state index contributed by atoms with van der Waals surface area (Å²) in [6.07, 6.45) is -0.293. The van der Waals surface area contributed by atoms with Crippen molar-refractivity contribution in [1.82, 2.24) is 10.2 Å². The number of hydrogen-bond acceptors (Lipinski definition) is 5. The van der Waals surface area contributed by atoms with E-state index in [0.29, 0.717) is 23.7 Å². The molecule has 0 spiro atoms. The topological polar surface area (TPSA) is 111 Å². The molecule has 148 valence electrons. The van der Waals surface area contributed by atoms with Crippen molar-refractivity contribution in [2.75, 3.05) is 19.7 Å². The molecular weight excluding hydrogens is 374 g/mol. The van der Waals surface area contributed by atoms with E-state index >= 15 is 0 Å². The summed E-state index contributed by atoms with van der Waals surface area (Å²) in [6.45, 7) is 4.32. The third-order valence-electron chi connectivity index (χ3n) is 4.09. The van der Waals surface area contributed by atoms with E-state index in [9.17, 15) is 14.4 Å². The fraction of sp³-hybridized carbons (Fsp3) is 0.500. The van der Waals surface area contributed by atoms with Crippen LogP contribution in [0.3, 0.4) is 0 Å². The molecule has 1 heterocycles. The van der Waals surface area contributed by atoms with E-state index in [1.54, 1.807) is 29.2 Å². The molecule has 0 saturated carbocycles. The van der Waals surface area contributed by atoms with Gasteiger partial charge in [-0.3, -0.25) is 9.59 Å². The number of primary amides is 1. The molecule has 1 fully saturated rings. The molecule has 1 aliphatic rings. The molecule has 1 aromatic rings. The van der Waals surface area contributed by atoms with Crippen LogP contribution < -0.4 is 11.1 Å². The molecule has 0 unspecified atom stereocenters. The van der Waals surface area contributed by atoms with E-state index < -0.39 is 18.0 Å². The zero-order valence-corrected chi connectivity index (χ0v) is 16.1. The number of ether oxygens (including phenoxy) is 2. The Kier molecular flexibility index (Phi) is 7.44. The van der Waals surface area contributed by atoms with Gasteiger partial charge in [0.25, 0.3) is 5.91 Å². The van der Waals surface area contributed by atoms with Gasteiger partial charge in [-0.2, -0.15) is 0 Å². The lowest BCUT2D eigenvalue weighted by atomic mass is 10.0. The Balaban J connectivity index is 1.90. The van der Waals surface area contributed by atoms with Crippen LogP contribution in [0.5, 0.6) is 0 Å². The molecule has 0 aliphatic carbocycles. The Hall–Kier alpha value is -2.32. The molecule has 0 aromatic heterocycles. The van der Waals surface area contributed by atoms with Crippen LogP contribution in [0, 0.1) is 0 Å². The van der Waals surface area contributed by atoms with Crippen molar-refractivity contribution in [3.63, 3.8) is 0 Å². The van der Waals surface area contributed by atoms with Crippen molar-refractivity contribution in [2.45, 2.75) is 38.5 Å². The molecule has 0 radical (unpaired) electrons. The number of hydrogen-bond donors (Lipinski definition) is 2. The van der Waals surface area contributed by atoms with Crippen LogP contribution in [-0.2, 0) is 19.1 Å². The van der Waals surface area contributed by atoms with Gasteiger partial charge in [-0.25, -0.2) is 4.79 Å². The fourth-order valence-electron chi connectivity index (χ4n) is 2.96. The third-order valence-corrected chi connectivity index (χ3v) is 4.34. The van der Waals surface area contributed by atoms with E-state index in [-0.39, 0.29) is 31.1 Å². The normalized spacial score (nSPS) is 20.6. The summed E-state index contributed by atoms with van der Waals surface area (Å²) >= 11 is 5.85. The van der Waals surface area contributed by atoms with E-state index in [1.807, 2.05) is 13.8 Å². The van der Waals surface area contributed by atoms with Gasteiger partial charge in [-0.15, -0.1) is 0 Å². The summed E-state index contributed by atoms with van der Waals surface area (Å²) < 4.78 is 10.7. The lowest BCUT2D eigenvalue weighted by Crippen LogP contribution is -2.49. The lowest BCUT2D eigenvalue weighted by molar-refractivity contribution is -0.157. The highest BCUT2D eigenvalue weighted by Crippen LogP contribution is 2.20. The molecule has 2 rings (SSSR count).